The largest absolute Gasteiger partial charge is 0.396 e. The van der Waals surface area contributed by atoms with E-state index >= 15 is 0 Å². The van der Waals surface area contributed by atoms with Crippen molar-refractivity contribution >= 4 is 0 Å². The number of likely N-dealkylation sites (tertiary alicyclic amines) is 1. The third-order valence-electron chi connectivity index (χ3n) is 3.35. The van der Waals surface area contributed by atoms with E-state index in [4.69, 9.17) is 9.84 Å². The Bertz CT molecular complexity index is 169. The zero-order valence-corrected chi connectivity index (χ0v) is 8.82. The molecule has 82 valence electrons. The molecule has 0 aromatic carbocycles. The Morgan fingerprint density at radius 2 is 2.21 bits per heavy atom. The van der Waals surface area contributed by atoms with Crippen LogP contribution in [0.25, 0.3) is 0 Å². The molecule has 2 rings (SSSR count). The molecule has 3 nitrogen and oxygen atoms in total. The van der Waals surface area contributed by atoms with Crippen LogP contribution in [-0.4, -0.2) is 49.0 Å². The Balaban J connectivity index is 1.73. The highest BCUT2D eigenvalue weighted by atomic mass is 16.5. The van der Waals surface area contributed by atoms with Gasteiger partial charge in [-0.05, 0) is 38.1 Å². The third kappa shape index (κ3) is 2.69. The molecule has 0 aromatic heterocycles. The number of hydrogen-bond acceptors (Lipinski definition) is 3. The Morgan fingerprint density at radius 3 is 2.93 bits per heavy atom. The summed E-state index contributed by atoms with van der Waals surface area (Å²) < 4.78 is 5.62. The van der Waals surface area contributed by atoms with Gasteiger partial charge in [-0.15, -0.1) is 0 Å². The topological polar surface area (TPSA) is 32.7 Å². The van der Waals surface area contributed by atoms with E-state index in [1.54, 1.807) is 0 Å². The zero-order chi connectivity index (χ0) is 9.80. The van der Waals surface area contributed by atoms with Crippen LogP contribution in [-0.2, 0) is 4.74 Å². The molecule has 2 atom stereocenters. The molecule has 0 aromatic rings. The van der Waals surface area contributed by atoms with Gasteiger partial charge in [-0.25, -0.2) is 0 Å². The van der Waals surface area contributed by atoms with Crippen molar-refractivity contribution in [3.8, 4) is 0 Å². The summed E-state index contributed by atoms with van der Waals surface area (Å²) in [6.07, 6.45) is 5.34. The lowest BCUT2D eigenvalue weighted by atomic mass is 9.98. The average molecular weight is 199 g/mol. The monoisotopic (exact) mass is 199 g/mol. The lowest BCUT2D eigenvalue weighted by Crippen LogP contribution is -2.40. The molecular weight excluding hydrogens is 178 g/mol. The second-order valence-corrected chi connectivity index (χ2v) is 4.59. The minimum absolute atomic E-state index is 0.349. The van der Waals surface area contributed by atoms with E-state index in [-0.39, 0.29) is 0 Å². The molecule has 3 heteroatoms. The van der Waals surface area contributed by atoms with Crippen molar-refractivity contribution in [2.45, 2.75) is 31.8 Å². The van der Waals surface area contributed by atoms with Gasteiger partial charge in [0.1, 0.15) is 0 Å². The highest BCUT2D eigenvalue weighted by Crippen LogP contribution is 2.19. The number of hydrogen-bond donors (Lipinski definition) is 1. The predicted molar refractivity (Wildman–Crippen MR) is 55.2 cm³/mol. The highest BCUT2D eigenvalue weighted by molar-refractivity contribution is 4.76. The van der Waals surface area contributed by atoms with Crippen molar-refractivity contribution in [3.63, 3.8) is 0 Å². The maximum absolute atomic E-state index is 9.11. The first kappa shape index (κ1) is 10.4. The molecular formula is C11H21NO2. The fourth-order valence-electron chi connectivity index (χ4n) is 2.54. The maximum atomic E-state index is 9.11. The van der Waals surface area contributed by atoms with Gasteiger partial charge in [-0.2, -0.15) is 0 Å². The van der Waals surface area contributed by atoms with Crippen LogP contribution in [0, 0.1) is 5.92 Å². The summed E-state index contributed by atoms with van der Waals surface area (Å²) in [5.74, 6) is 0.505. The molecule has 2 saturated heterocycles. The van der Waals surface area contributed by atoms with Crippen LogP contribution < -0.4 is 0 Å². The fraction of sp³-hybridized carbons (Fsp3) is 1.00. The number of aliphatic hydroxyl groups excluding tert-OH is 1. The van der Waals surface area contributed by atoms with Crippen LogP contribution in [0.15, 0.2) is 0 Å². The van der Waals surface area contributed by atoms with Crippen molar-refractivity contribution in [1.82, 2.24) is 4.90 Å². The van der Waals surface area contributed by atoms with Crippen LogP contribution >= 0.6 is 0 Å². The van der Waals surface area contributed by atoms with E-state index in [0.29, 0.717) is 18.6 Å². The van der Waals surface area contributed by atoms with Crippen LogP contribution in [0.5, 0.6) is 0 Å². The number of aliphatic hydroxyl groups is 1. The molecule has 0 saturated carbocycles. The standard InChI is InChI=1S/C11H21NO2/c13-9-10-3-1-5-12(7-10)8-11-4-2-6-14-11/h10-11,13H,1-9H2/t10-,11-/m1/s1. The Kier molecular flexibility index (Phi) is 3.79. The summed E-state index contributed by atoms with van der Waals surface area (Å²) in [5, 5.41) is 9.11. The van der Waals surface area contributed by atoms with Crippen molar-refractivity contribution in [3.05, 3.63) is 0 Å². The fourth-order valence-corrected chi connectivity index (χ4v) is 2.54. The van der Waals surface area contributed by atoms with Gasteiger partial charge in [0, 0.05) is 26.3 Å². The van der Waals surface area contributed by atoms with E-state index in [0.717, 1.165) is 19.7 Å². The van der Waals surface area contributed by atoms with Gasteiger partial charge in [0.15, 0.2) is 0 Å². The first-order valence-electron chi connectivity index (χ1n) is 5.83. The minimum Gasteiger partial charge on any atom is -0.396 e. The molecule has 2 fully saturated rings. The molecule has 0 radical (unpaired) electrons. The van der Waals surface area contributed by atoms with Gasteiger partial charge in [0.05, 0.1) is 6.10 Å². The molecule has 0 spiro atoms. The lowest BCUT2D eigenvalue weighted by molar-refractivity contribution is 0.0474. The van der Waals surface area contributed by atoms with E-state index < -0.39 is 0 Å². The molecule has 14 heavy (non-hydrogen) atoms. The quantitative estimate of drug-likeness (QED) is 0.732. The normalized spacial score (nSPS) is 34.9. The van der Waals surface area contributed by atoms with Crippen LogP contribution in [0.4, 0.5) is 0 Å². The molecule has 2 heterocycles. The molecule has 0 unspecified atom stereocenters. The second kappa shape index (κ2) is 5.10. The number of nitrogens with zero attached hydrogens (tertiary/aromatic N) is 1. The first-order valence-corrected chi connectivity index (χ1v) is 5.83. The Morgan fingerprint density at radius 1 is 1.29 bits per heavy atom. The van der Waals surface area contributed by atoms with Crippen molar-refractivity contribution in [2.75, 3.05) is 32.8 Å². The number of piperidine rings is 1. The third-order valence-corrected chi connectivity index (χ3v) is 3.35. The molecule has 0 amide bonds. The summed E-state index contributed by atoms with van der Waals surface area (Å²) in [5.41, 5.74) is 0. The minimum atomic E-state index is 0.349. The van der Waals surface area contributed by atoms with Gasteiger partial charge in [0.25, 0.3) is 0 Å². The molecule has 0 aliphatic carbocycles. The van der Waals surface area contributed by atoms with E-state index in [9.17, 15) is 0 Å². The second-order valence-electron chi connectivity index (χ2n) is 4.59. The van der Waals surface area contributed by atoms with Crippen LogP contribution in [0.3, 0.4) is 0 Å². The summed E-state index contributed by atoms with van der Waals surface area (Å²) in [6, 6.07) is 0. The lowest BCUT2D eigenvalue weighted by Gasteiger charge is -2.33. The Hall–Kier alpha value is -0.120. The molecule has 0 bridgehead atoms. The SMILES string of the molecule is OC[C@@H]1CCCN(C[C@H]2CCCO2)C1. The van der Waals surface area contributed by atoms with Gasteiger partial charge in [-0.1, -0.05) is 0 Å². The number of rotatable bonds is 3. The predicted octanol–water partition coefficient (Wildman–Crippen LogP) is 0.870. The van der Waals surface area contributed by atoms with Gasteiger partial charge in [0.2, 0.25) is 0 Å². The Labute approximate surface area is 86.0 Å². The van der Waals surface area contributed by atoms with Crippen molar-refractivity contribution in [2.24, 2.45) is 5.92 Å². The highest BCUT2D eigenvalue weighted by Gasteiger charge is 2.23. The molecule has 1 N–H and O–H groups in total. The van der Waals surface area contributed by atoms with Crippen LogP contribution in [0.1, 0.15) is 25.7 Å². The summed E-state index contributed by atoms with van der Waals surface area (Å²) >= 11 is 0. The first-order chi connectivity index (χ1) is 6.88. The van der Waals surface area contributed by atoms with E-state index in [1.807, 2.05) is 0 Å². The number of ether oxygens (including phenoxy) is 1. The van der Waals surface area contributed by atoms with Crippen molar-refractivity contribution in [1.29, 1.82) is 0 Å². The smallest absolute Gasteiger partial charge is 0.0702 e. The molecule has 2 aliphatic heterocycles. The van der Waals surface area contributed by atoms with Gasteiger partial charge < -0.3 is 14.7 Å². The molecule has 2 aliphatic rings. The van der Waals surface area contributed by atoms with Crippen LogP contribution in [0.2, 0.25) is 0 Å². The van der Waals surface area contributed by atoms with Gasteiger partial charge >= 0.3 is 0 Å². The zero-order valence-electron chi connectivity index (χ0n) is 8.82. The van der Waals surface area contributed by atoms with Gasteiger partial charge in [-0.3, -0.25) is 0 Å². The summed E-state index contributed by atoms with van der Waals surface area (Å²) in [6.45, 7) is 4.63. The summed E-state index contributed by atoms with van der Waals surface area (Å²) in [7, 11) is 0. The van der Waals surface area contributed by atoms with E-state index in [2.05, 4.69) is 4.90 Å². The maximum Gasteiger partial charge on any atom is 0.0702 e. The average Bonchev–Trinajstić information content (AvgIpc) is 2.71. The van der Waals surface area contributed by atoms with Crippen molar-refractivity contribution < 1.29 is 9.84 Å². The van der Waals surface area contributed by atoms with E-state index in [1.165, 1.54) is 32.2 Å². The summed E-state index contributed by atoms with van der Waals surface area (Å²) in [4.78, 5) is 2.46.